The molecule has 0 saturated carbocycles. The molecule has 2 aromatic carbocycles. The molecule has 1 aromatic heterocycles. The molecule has 144 valence electrons. The lowest BCUT2D eigenvalue weighted by molar-refractivity contribution is -0.132. The average molecular weight is 413 g/mol. The molecule has 1 unspecified atom stereocenters. The molecule has 1 heterocycles. The predicted octanol–water partition coefficient (Wildman–Crippen LogP) is 4.40. The van der Waals surface area contributed by atoms with Crippen molar-refractivity contribution in [3.05, 3.63) is 93.1 Å². The second-order valence-electron chi connectivity index (χ2n) is 6.51. The third kappa shape index (κ3) is 5.44. The number of nitrogens with zero attached hydrogens (tertiary/aromatic N) is 1. The highest BCUT2D eigenvalue weighted by atomic mass is 35.5. The molecule has 3 rings (SSSR count). The van der Waals surface area contributed by atoms with E-state index in [0.717, 1.165) is 11.1 Å². The molecule has 3 aromatic rings. The molecular weight excluding hydrogens is 392 g/mol. The Labute approximate surface area is 173 Å². The summed E-state index contributed by atoms with van der Waals surface area (Å²) in [7, 11) is 1.74. The lowest BCUT2D eigenvalue weighted by Crippen LogP contribution is -2.48. The number of rotatable bonds is 7. The Balaban J connectivity index is 1.74. The van der Waals surface area contributed by atoms with E-state index in [1.165, 1.54) is 11.3 Å². The Kier molecular flexibility index (Phi) is 6.85. The fourth-order valence-electron chi connectivity index (χ4n) is 2.89. The molecule has 0 aliphatic rings. The number of amides is 2. The molecule has 0 fully saturated rings. The first-order chi connectivity index (χ1) is 13.5. The monoisotopic (exact) mass is 412 g/mol. The van der Waals surface area contributed by atoms with Crippen molar-refractivity contribution in [1.29, 1.82) is 0 Å². The number of halogens is 1. The summed E-state index contributed by atoms with van der Waals surface area (Å²) in [6.45, 7) is 0.441. The summed E-state index contributed by atoms with van der Waals surface area (Å²) in [5.41, 5.74) is 1.97. The SMILES string of the molecule is CN(Cc1ccc(Cl)cc1)C(=O)C(Cc1ccccc1)NC(=O)c1cccs1. The van der Waals surface area contributed by atoms with Gasteiger partial charge in [-0.15, -0.1) is 11.3 Å². The first kappa shape index (κ1) is 20.1. The van der Waals surface area contributed by atoms with Crippen molar-refractivity contribution in [3.63, 3.8) is 0 Å². The zero-order valence-corrected chi connectivity index (χ0v) is 17.0. The van der Waals surface area contributed by atoms with Gasteiger partial charge in [-0.25, -0.2) is 0 Å². The van der Waals surface area contributed by atoms with E-state index in [0.29, 0.717) is 22.9 Å². The van der Waals surface area contributed by atoms with Gasteiger partial charge in [0.15, 0.2) is 0 Å². The number of benzene rings is 2. The van der Waals surface area contributed by atoms with Crippen LogP contribution in [0.15, 0.2) is 72.1 Å². The standard InChI is InChI=1S/C22H21ClN2O2S/c1-25(15-17-9-11-18(23)12-10-17)22(27)19(14-16-6-3-2-4-7-16)24-21(26)20-8-5-13-28-20/h2-13,19H,14-15H2,1H3,(H,24,26). The van der Waals surface area contributed by atoms with Crippen LogP contribution < -0.4 is 5.32 Å². The van der Waals surface area contributed by atoms with Crippen LogP contribution in [0.25, 0.3) is 0 Å². The van der Waals surface area contributed by atoms with Crippen molar-refractivity contribution in [2.75, 3.05) is 7.05 Å². The van der Waals surface area contributed by atoms with Gasteiger partial charge in [0.1, 0.15) is 6.04 Å². The Hall–Kier alpha value is -2.63. The van der Waals surface area contributed by atoms with Crippen LogP contribution in [0.3, 0.4) is 0 Å². The largest absolute Gasteiger partial charge is 0.340 e. The van der Waals surface area contributed by atoms with Crippen LogP contribution in [0.2, 0.25) is 5.02 Å². The van der Waals surface area contributed by atoms with Crippen molar-refractivity contribution in [3.8, 4) is 0 Å². The number of hydrogen-bond acceptors (Lipinski definition) is 3. The van der Waals surface area contributed by atoms with E-state index >= 15 is 0 Å². The Bertz CT molecular complexity index is 911. The van der Waals surface area contributed by atoms with Crippen LogP contribution in [-0.2, 0) is 17.8 Å². The molecule has 6 heteroatoms. The molecule has 4 nitrogen and oxygen atoms in total. The van der Waals surface area contributed by atoms with Crippen LogP contribution >= 0.6 is 22.9 Å². The van der Waals surface area contributed by atoms with Crippen LogP contribution in [0.1, 0.15) is 20.8 Å². The van der Waals surface area contributed by atoms with Crippen molar-refractivity contribution >= 4 is 34.8 Å². The zero-order chi connectivity index (χ0) is 19.9. The normalized spacial score (nSPS) is 11.6. The molecule has 0 saturated heterocycles. The molecule has 2 amide bonds. The second-order valence-corrected chi connectivity index (χ2v) is 7.90. The molecule has 0 aliphatic carbocycles. The lowest BCUT2D eigenvalue weighted by Gasteiger charge is -2.25. The molecule has 0 aliphatic heterocycles. The van der Waals surface area contributed by atoms with Gasteiger partial charge in [0.2, 0.25) is 5.91 Å². The van der Waals surface area contributed by atoms with Gasteiger partial charge in [0.05, 0.1) is 4.88 Å². The van der Waals surface area contributed by atoms with Gasteiger partial charge in [-0.3, -0.25) is 9.59 Å². The van der Waals surface area contributed by atoms with Crippen molar-refractivity contribution < 1.29 is 9.59 Å². The number of carbonyl (C=O) groups excluding carboxylic acids is 2. The molecule has 0 radical (unpaired) electrons. The van der Waals surface area contributed by atoms with E-state index in [2.05, 4.69) is 5.32 Å². The van der Waals surface area contributed by atoms with E-state index in [1.807, 2.05) is 53.9 Å². The molecule has 28 heavy (non-hydrogen) atoms. The van der Waals surface area contributed by atoms with Crippen LogP contribution in [-0.4, -0.2) is 29.8 Å². The quantitative estimate of drug-likeness (QED) is 0.625. The van der Waals surface area contributed by atoms with Crippen molar-refractivity contribution in [1.82, 2.24) is 10.2 Å². The second kappa shape index (κ2) is 9.53. The predicted molar refractivity (Wildman–Crippen MR) is 114 cm³/mol. The number of likely N-dealkylation sites (N-methyl/N-ethyl adjacent to an activating group) is 1. The van der Waals surface area contributed by atoms with Gasteiger partial charge < -0.3 is 10.2 Å². The number of thiophene rings is 1. The van der Waals surface area contributed by atoms with Gasteiger partial charge >= 0.3 is 0 Å². The summed E-state index contributed by atoms with van der Waals surface area (Å²) in [5.74, 6) is -0.368. The summed E-state index contributed by atoms with van der Waals surface area (Å²) in [4.78, 5) is 27.9. The fourth-order valence-corrected chi connectivity index (χ4v) is 3.65. The molecule has 1 atom stereocenters. The lowest BCUT2D eigenvalue weighted by atomic mass is 10.0. The number of nitrogens with one attached hydrogen (secondary N) is 1. The van der Waals surface area contributed by atoms with E-state index in [1.54, 1.807) is 30.1 Å². The Morgan fingerprint density at radius 1 is 1.00 bits per heavy atom. The third-order valence-corrected chi connectivity index (χ3v) is 5.46. The Morgan fingerprint density at radius 3 is 2.36 bits per heavy atom. The maximum atomic E-state index is 13.1. The van der Waals surface area contributed by atoms with Gasteiger partial charge in [-0.2, -0.15) is 0 Å². The number of carbonyl (C=O) groups is 2. The summed E-state index contributed by atoms with van der Waals surface area (Å²) < 4.78 is 0. The van der Waals surface area contributed by atoms with E-state index in [9.17, 15) is 9.59 Å². The van der Waals surface area contributed by atoms with Gasteiger partial charge in [-0.1, -0.05) is 60.1 Å². The maximum Gasteiger partial charge on any atom is 0.262 e. The minimum Gasteiger partial charge on any atom is -0.340 e. The highest BCUT2D eigenvalue weighted by molar-refractivity contribution is 7.12. The van der Waals surface area contributed by atoms with Crippen molar-refractivity contribution in [2.24, 2.45) is 0 Å². The average Bonchev–Trinajstić information content (AvgIpc) is 3.24. The summed E-state index contributed by atoms with van der Waals surface area (Å²) in [6.07, 6.45) is 0.432. The van der Waals surface area contributed by atoms with Crippen LogP contribution in [0.4, 0.5) is 0 Å². The van der Waals surface area contributed by atoms with E-state index in [4.69, 9.17) is 11.6 Å². The molecule has 0 bridgehead atoms. The zero-order valence-electron chi connectivity index (χ0n) is 15.5. The van der Waals surface area contributed by atoms with E-state index in [-0.39, 0.29) is 11.8 Å². The van der Waals surface area contributed by atoms with Crippen LogP contribution in [0, 0.1) is 0 Å². The molecule has 1 N–H and O–H groups in total. The van der Waals surface area contributed by atoms with Gasteiger partial charge in [0, 0.05) is 25.0 Å². The topological polar surface area (TPSA) is 49.4 Å². The van der Waals surface area contributed by atoms with Gasteiger partial charge in [-0.05, 0) is 34.7 Å². The van der Waals surface area contributed by atoms with Crippen molar-refractivity contribution in [2.45, 2.75) is 19.0 Å². The summed E-state index contributed by atoms with van der Waals surface area (Å²) in [5, 5.41) is 5.40. The van der Waals surface area contributed by atoms with Gasteiger partial charge in [0.25, 0.3) is 5.91 Å². The summed E-state index contributed by atoms with van der Waals surface area (Å²) in [6, 6.07) is 20.0. The number of hydrogen-bond donors (Lipinski definition) is 1. The smallest absolute Gasteiger partial charge is 0.262 e. The molecular formula is C22H21ClN2O2S. The Morgan fingerprint density at radius 2 is 1.71 bits per heavy atom. The first-order valence-electron chi connectivity index (χ1n) is 8.90. The van der Waals surface area contributed by atoms with Crippen LogP contribution in [0.5, 0.6) is 0 Å². The maximum absolute atomic E-state index is 13.1. The fraction of sp³-hybridized carbons (Fsp3) is 0.182. The minimum atomic E-state index is -0.644. The highest BCUT2D eigenvalue weighted by Gasteiger charge is 2.25. The highest BCUT2D eigenvalue weighted by Crippen LogP contribution is 2.14. The minimum absolute atomic E-state index is 0.135. The summed E-state index contributed by atoms with van der Waals surface area (Å²) >= 11 is 7.28. The third-order valence-electron chi connectivity index (χ3n) is 4.34. The molecule has 0 spiro atoms. The van der Waals surface area contributed by atoms with E-state index < -0.39 is 6.04 Å². The first-order valence-corrected chi connectivity index (χ1v) is 10.2.